The summed E-state index contributed by atoms with van der Waals surface area (Å²) in [6.45, 7) is 4.05. The molecule has 3 nitrogen and oxygen atoms in total. The fraction of sp³-hybridized carbons (Fsp3) is 0.312. The smallest absolute Gasteiger partial charge is 0.253 e. The normalized spacial score (nSPS) is 11.9. The van der Waals surface area contributed by atoms with Gasteiger partial charge in [0.1, 0.15) is 0 Å². The van der Waals surface area contributed by atoms with Crippen molar-refractivity contribution in [3.05, 3.63) is 51.7 Å². The number of hydrogen-bond acceptors (Lipinski definition) is 3. The summed E-state index contributed by atoms with van der Waals surface area (Å²) in [5.41, 5.74) is 2.69. The molecule has 0 fully saturated rings. The van der Waals surface area contributed by atoms with Crippen LogP contribution < -0.4 is 10.6 Å². The van der Waals surface area contributed by atoms with Crippen LogP contribution >= 0.6 is 11.3 Å². The van der Waals surface area contributed by atoms with Crippen molar-refractivity contribution >= 4 is 22.9 Å². The van der Waals surface area contributed by atoms with Gasteiger partial charge in [-0.15, -0.1) is 11.3 Å². The first-order chi connectivity index (χ1) is 9.60. The lowest BCUT2D eigenvalue weighted by Gasteiger charge is -2.15. The summed E-state index contributed by atoms with van der Waals surface area (Å²) in [6.07, 6.45) is 0.865. The minimum absolute atomic E-state index is 0.0293. The summed E-state index contributed by atoms with van der Waals surface area (Å²) in [7, 11) is 1.83. The molecule has 1 aromatic heterocycles. The fourth-order valence-corrected chi connectivity index (χ4v) is 2.98. The minimum atomic E-state index is -0.0293. The lowest BCUT2D eigenvalue weighted by Crippen LogP contribution is -2.34. The zero-order chi connectivity index (χ0) is 14.5. The van der Waals surface area contributed by atoms with Gasteiger partial charge in [0.25, 0.3) is 5.91 Å². The quantitative estimate of drug-likeness (QED) is 0.884. The van der Waals surface area contributed by atoms with Gasteiger partial charge in [0.05, 0.1) is 5.56 Å². The maximum atomic E-state index is 12.3. The third-order valence-electron chi connectivity index (χ3n) is 3.15. The van der Waals surface area contributed by atoms with E-state index in [-0.39, 0.29) is 11.9 Å². The van der Waals surface area contributed by atoms with E-state index in [9.17, 15) is 4.79 Å². The summed E-state index contributed by atoms with van der Waals surface area (Å²) < 4.78 is 0. The maximum absolute atomic E-state index is 12.3. The van der Waals surface area contributed by atoms with Crippen molar-refractivity contribution in [3.8, 4) is 0 Å². The molecule has 1 heterocycles. The highest BCUT2D eigenvalue weighted by molar-refractivity contribution is 7.09. The van der Waals surface area contributed by atoms with Gasteiger partial charge in [0, 0.05) is 30.1 Å². The van der Waals surface area contributed by atoms with E-state index in [4.69, 9.17) is 0 Å². The second-order valence-corrected chi connectivity index (χ2v) is 5.99. The lowest BCUT2D eigenvalue weighted by molar-refractivity contribution is 0.0941. The van der Waals surface area contributed by atoms with Crippen molar-refractivity contribution < 1.29 is 4.79 Å². The van der Waals surface area contributed by atoms with Crippen LogP contribution in [0.1, 0.15) is 27.7 Å². The number of thiophene rings is 1. The van der Waals surface area contributed by atoms with E-state index in [2.05, 4.69) is 22.1 Å². The molecule has 106 valence electrons. The number of aryl methyl sites for hydroxylation is 1. The zero-order valence-electron chi connectivity index (χ0n) is 12.1. The first-order valence-electron chi connectivity index (χ1n) is 6.72. The van der Waals surface area contributed by atoms with Gasteiger partial charge in [0.2, 0.25) is 0 Å². The molecule has 2 rings (SSSR count). The predicted octanol–water partition coefficient (Wildman–Crippen LogP) is 3.46. The number of benzene rings is 1. The largest absolute Gasteiger partial charge is 0.387 e. The van der Waals surface area contributed by atoms with Crippen LogP contribution in [0.15, 0.2) is 35.7 Å². The second-order valence-electron chi connectivity index (χ2n) is 4.96. The van der Waals surface area contributed by atoms with E-state index >= 15 is 0 Å². The highest BCUT2D eigenvalue weighted by Crippen LogP contribution is 2.17. The average molecular weight is 288 g/mol. The molecule has 1 aromatic carbocycles. The van der Waals surface area contributed by atoms with Crippen LogP contribution in [0.25, 0.3) is 0 Å². The van der Waals surface area contributed by atoms with E-state index in [1.807, 2.05) is 45.2 Å². The van der Waals surface area contributed by atoms with Crippen molar-refractivity contribution in [2.45, 2.75) is 26.3 Å². The average Bonchev–Trinajstić information content (AvgIpc) is 2.90. The summed E-state index contributed by atoms with van der Waals surface area (Å²) in [6, 6.07) is 10.1. The third kappa shape index (κ3) is 3.61. The molecule has 0 saturated heterocycles. The lowest BCUT2D eigenvalue weighted by atomic mass is 10.1. The molecule has 20 heavy (non-hydrogen) atoms. The van der Waals surface area contributed by atoms with Crippen LogP contribution in [-0.4, -0.2) is 19.0 Å². The van der Waals surface area contributed by atoms with Crippen molar-refractivity contribution in [1.82, 2.24) is 5.32 Å². The SMILES string of the molecule is CNc1cc(C)ccc1C(=O)NC(C)Cc1cccs1. The van der Waals surface area contributed by atoms with Gasteiger partial charge in [-0.1, -0.05) is 12.1 Å². The van der Waals surface area contributed by atoms with E-state index in [0.717, 1.165) is 17.7 Å². The van der Waals surface area contributed by atoms with E-state index < -0.39 is 0 Å². The summed E-state index contributed by atoms with van der Waals surface area (Å²) >= 11 is 1.72. The zero-order valence-corrected chi connectivity index (χ0v) is 12.9. The maximum Gasteiger partial charge on any atom is 0.253 e. The molecule has 0 radical (unpaired) electrons. The van der Waals surface area contributed by atoms with Gasteiger partial charge in [-0.05, 0) is 43.0 Å². The summed E-state index contributed by atoms with van der Waals surface area (Å²) in [4.78, 5) is 13.6. The molecule has 1 amide bonds. The Labute approximate surface area is 124 Å². The van der Waals surface area contributed by atoms with Gasteiger partial charge in [-0.3, -0.25) is 4.79 Å². The van der Waals surface area contributed by atoms with Crippen molar-refractivity contribution in [1.29, 1.82) is 0 Å². The molecule has 1 unspecified atom stereocenters. The van der Waals surface area contributed by atoms with Gasteiger partial charge < -0.3 is 10.6 Å². The van der Waals surface area contributed by atoms with Crippen molar-refractivity contribution in [3.63, 3.8) is 0 Å². The minimum Gasteiger partial charge on any atom is -0.387 e. The number of anilines is 1. The van der Waals surface area contributed by atoms with Crippen LogP contribution in [-0.2, 0) is 6.42 Å². The number of rotatable bonds is 5. The highest BCUT2D eigenvalue weighted by Gasteiger charge is 2.14. The highest BCUT2D eigenvalue weighted by atomic mass is 32.1. The van der Waals surface area contributed by atoms with Crippen LogP contribution in [0.3, 0.4) is 0 Å². The van der Waals surface area contributed by atoms with Crippen molar-refractivity contribution in [2.75, 3.05) is 12.4 Å². The third-order valence-corrected chi connectivity index (χ3v) is 4.05. The number of carbonyl (C=O) groups excluding carboxylic acids is 1. The standard InChI is InChI=1S/C16H20N2OS/c1-11-6-7-14(15(9-11)17-3)16(19)18-12(2)10-13-5-4-8-20-13/h4-9,12,17H,10H2,1-3H3,(H,18,19). The molecule has 0 bridgehead atoms. The Hall–Kier alpha value is -1.81. The molecule has 0 saturated carbocycles. The van der Waals surface area contributed by atoms with Gasteiger partial charge in [-0.2, -0.15) is 0 Å². The molecule has 0 aliphatic rings. The summed E-state index contributed by atoms with van der Waals surface area (Å²) in [5, 5.41) is 8.19. The van der Waals surface area contributed by atoms with Gasteiger partial charge in [0.15, 0.2) is 0 Å². The first-order valence-corrected chi connectivity index (χ1v) is 7.59. The Kier molecular flexibility index (Phi) is 4.79. The summed E-state index contributed by atoms with van der Waals surface area (Å²) in [5.74, 6) is -0.0293. The predicted molar refractivity (Wildman–Crippen MR) is 85.7 cm³/mol. The Morgan fingerprint density at radius 1 is 1.35 bits per heavy atom. The second kappa shape index (κ2) is 6.57. The Morgan fingerprint density at radius 3 is 2.80 bits per heavy atom. The van der Waals surface area contributed by atoms with Gasteiger partial charge in [-0.25, -0.2) is 0 Å². The molecule has 0 aliphatic carbocycles. The number of hydrogen-bond donors (Lipinski definition) is 2. The van der Waals surface area contributed by atoms with Crippen LogP contribution in [0.4, 0.5) is 5.69 Å². The molecule has 2 aromatic rings. The van der Waals surface area contributed by atoms with Crippen LogP contribution in [0.5, 0.6) is 0 Å². The van der Waals surface area contributed by atoms with E-state index in [1.54, 1.807) is 11.3 Å². The molecule has 0 aliphatic heterocycles. The molecular weight excluding hydrogens is 268 g/mol. The molecular formula is C16H20N2OS. The van der Waals surface area contributed by atoms with Crippen molar-refractivity contribution in [2.24, 2.45) is 0 Å². The molecule has 4 heteroatoms. The Morgan fingerprint density at radius 2 is 2.15 bits per heavy atom. The van der Waals surface area contributed by atoms with E-state index in [1.165, 1.54) is 4.88 Å². The topological polar surface area (TPSA) is 41.1 Å². The van der Waals surface area contributed by atoms with E-state index in [0.29, 0.717) is 5.56 Å². The molecule has 2 N–H and O–H groups in total. The number of amides is 1. The Bertz CT molecular complexity index is 578. The fourth-order valence-electron chi connectivity index (χ4n) is 2.15. The van der Waals surface area contributed by atoms with Crippen LogP contribution in [0, 0.1) is 6.92 Å². The first kappa shape index (κ1) is 14.6. The number of nitrogens with one attached hydrogen (secondary N) is 2. The van der Waals surface area contributed by atoms with Crippen LogP contribution in [0.2, 0.25) is 0 Å². The molecule has 0 spiro atoms. The monoisotopic (exact) mass is 288 g/mol. The molecule has 1 atom stereocenters. The Balaban J connectivity index is 2.04. The van der Waals surface area contributed by atoms with Gasteiger partial charge >= 0.3 is 0 Å². The number of carbonyl (C=O) groups is 1.